The minimum absolute atomic E-state index is 0.517. The molecular formula is C10H9ClN2S. The molecule has 72 valence electrons. The molecule has 0 spiro atoms. The van der Waals surface area contributed by atoms with Crippen molar-refractivity contribution in [2.75, 3.05) is 0 Å². The summed E-state index contributed by atoms with van der Waals surface area (Å²) in [5.41, 5.74) is 2.09. The van der Waals surface area contributed by atoms with Gasteiger partial charge in [0.15, 0.2) is 0 Å². The Kier molecular flexibility index (Phi) is 2.79. The zero-order valence-electron chi connectivity index (χ0n) is 7.70. The molecule has 0 atom stereocenters. The molecule has 2 aromatic rings. The fourth-order valence-corrected chi connectivity index (χ4v) is 2.25. The average molecular weight is 225 g/mol. The van der Waals surface area contributed by atoms with Crippen LogP contribution in [0.15, 0.2) is 24.5 Å². The number of rotatable bonds is 2. The summed E-state index contributed by atoms with van der Waals surface area (Å²) in [7, 11) is 0. The smallest absolute Gasteiger partial charge is 0.142 e. The summed E-state index contributed by atoms with van der Waals surface area (Å²) >= 11 is 7.31. The van der Waals surface area contributed by atoms with Crippen LogP contribution in [0.25, 0.3) is 10.7 Å². The third-order valence-electron chi connectivity index (χ3n) is 1.90. The number of aromatic nitrogens is 2. The van der Waals surface area contributed by atoms with E-state index in [0.717, 1.165) is 21.1 Å². The van der Waals surface area contributed by atoms with Crippen molar-refractivity contribution in [3.8, 4) is 10.7 Å². The van der Waals surface area contributed by atoms with Gasteiger partial charge in [-0.15, -0.1) is 22.9 Å². The standard InChI is InChI=1S/C10H9ClN2S/c1-7-3-2-4-12-9(7)10-13-6-8(5-11)14-10/h2-4,6H,5H2,1H3. The van der Waals surface area contributed by atoms with Crippen LogP contribution in [0.3, 0.4) is 0 Å². The molecule has 0 N–H and O–H groups in total. The second-order valence-electron chi connectivity index (χ2n) is 2.93. The van der Waals surface area contributed by atoms with Crippen LogP contribution < -0.4 is 0 Å². The first-order chi connectivity index (χ1) is 6.81. The predicted molar refractivity (Wildman–Crippen MR) is 59.6 cm³/mol. The monoisotopic (exact) mass is 224 g/mol. The predicted octanol–water partition coefficient (Wildman–Crippen LogP) is 3.25. The lowest BCUT2D eigenvalue weighted by atomic mass is 10.2. The summed E-state index contributed by atoms with van der Waals surface area (Å²) in [6.45, 7) is 2.03. The molecule has 0 aliphatic rings. The Morgan fingerprint density at radius 3 is 2.93 bits per heavy atom. The first kappa shape index (κ1) is 9.62. The highest BCUT2D eigenvalue weighted by atomic mass is 35.5. The van der Waals surface area contributed by atoms with E-state index in [1.54, 1.807) is 23.7 Å². The summed E-state index contributed by atoms with van der Waals surface area (Å²) in [5, 5.41) is 0.943. The van der Waals surface area contributed by atoms with Gasteiger partial charge < -0.3 is 0 Å². The van der Waals surface area contributed by atoms with E-state index in [4.69, 9.17) is 11.6 Å². The van der Waals surface area contributed by atoms with E-state index in [0.29, 0.717) is 5.88 Å². The van der Waals surface area contributed by atoms with Crippen LogP contribution in [-0.4, -0.2) is 9.97 Å². The van der Waals surface area contributed by atoms with Gasteiger partial charge in [0.05, 0.1) is 5.88 Å². The van der Waals surface area contributed by atoms with Crippen LogP contribution in [0.5, 0.6) is 0 Å². The summed E-state index contributed by atoms with van der Waals surface area (Å²) in [6.07, 6.45) is 3.59. The quantitative estimate of drug-likeness (QED) is 0.732. The lowest BCUT2D eigenvalue weighted by Gasteiger charge is -1.98. The van der Waals surface area contributed by atoms with Gasteiger partial charge in [-0.2, -0.15) is 0 Å². The molecule has 2 heterocycles. The van der Waals surface area contributed by atoms with E-state index < -0.39 is 0 Å². The maximum atomic E-state index is 5.72. The van der Waals surface area contributed by atoms with Crippen LogP contribution in [-0.2, 0) is 5.88 Å². The molecule has 2 nitrogen and oxygen atoms in total. The van der Waals surface area contributed by atoms with Crippen molar-refractivity contribution in [3.05, 3.63) is 35.0 Å². The van der Waals surface area contributed by atoms with Crippen molar-refractivity contribution in [3.63, 3.8) is 0 Å². The zero-order chi connectivity index (χ0) is 9.97. The number of aryl methyl sites for hydroxylation is 1. The van der Waals surface area contributed by atoms with Gasteiger partial charge >= 0.3 is 0 Å². The van der Waals surface area contributed by atoms with Crippen LogP contribution >= 0.6 is 22.9 Å². The van der Waals surface area contributed by atoms with Gasteiger partial charge in [0, 0.05) is 17.3 Å². The molecule has 2 rings (SSSR count). The number of hydrogen-bond donors (Lipinski definition) is 0. The van der Waals surface area contributed by atoms with Crippen molar-refractivity contribution in [2.24, 2.45) is 0 Å². The van der Waals surface area contributed by atoms with E-state index in [1.165, 1.54) is 0 Å². The van der Waals surface area contributed by atoms with E-state index in [9.17, 15) is 0 Å². The Morgan fingerprint density at radius 2 is 2.29 bits per heavy atom. The molecule has 0 radical (unpaired) electrons. The highest BCUT2D eigenvalue weighted by molar-refractivity contribution is 7.15. The number of alkyl halides is 1. The number of halogens is 1. The fraction of sp³-hybridized carbons (Fsp3) is 0.200. The lowest BCUT2D eigenvalue weighted by Crippen LogP contribution is -1.85. The van der Waals surface area contributed by atoms with Crippen molar-refractivity contribution in [1.82, 2.24) is 9.97 Å². The molecule has 0 amide bonds. The molecule has 0 unspecified atom stereocenters. The first-order valence-electron chi connectivity index (χ1n) is 4.24. The van der Waals surface area contributed by atoms with Gasteiger partial charge in [-0.25, -0.2) is 4.98 Å². The molecule has 0 bridgehead atoms. The van der Waals surface area contributed by atoms with E-state index in [2.05, 4.69) is 9.97 Å². The van der Waals surface area contributed by atoms with Crippen molar-refractivity contribution < 1.29 is 0 Å². The van der Waals surface area contributed by atoms with Crippen LogP contribution in [0.2, 0.25) is 0 Å². The van der Waals surface area contributed by atoms with E-state index in [1.807, 2.05) is 19.1 Å². The van der Waals surface area contributed by atoms with Gasteiger partial charge in [0.2, 0.25) is 0 Å². The van der Waals surface area contributed by atoms with Crippen LogP contribution in [0.4, 0.5) is 0 Å². The highest BCUT2D eigenvalue weighted by Gasteiger charge is 2.07. The number of hydrogen-bond acceptors (Lipinski definition) is 3. The zero-order valence-corrected chi connectivity index (χ0v) is 9.27. The van der Waals surface area contributed by atoms with Crippen LogP contribution in [0, 0.1) is 6.92 Å². The molecule has 0 aromatic carbocycles. The third kappa shape index (κ3) is 1.79. The maximum absolute atomic E-state index is 5.72. The molecule has 0 saturated carbocycles. The second-order valence-corrected chi connectivity index (χ2v) is 4.32. The van der Waals surface area contributed by atoms with Gasteiger partial charge in [-0.3, -0.25) is 4.98 Å². The number of nitrogens with zero attached hydrogens (tertiary/aromatic N) is 2. The molecule has 0 saturated heterocycles. The third-order valence-corrected chi connectivity index (χ3v) is 3.35. The van der Waals surface area contributed by atoms with E-state index >= 15 is 0 Å². The molecular weight excluding hydrogens is 216 g/mol. The van der Waals surface area contributed by atoms with Gasteiger partial charge in [-0.1, -0.05) is 6.07 Å². The van der Waals surface area contributed by atoms with Crippen molar-refractivity contribution >= 4 is 22.9 Å². The maximum Gasteiger partial charge on any atom is 0.142 e. The van der Waals surface area contributed by atoms with Crippen molar-refractivity contribution in [1.29, 1.82) is 0 Å². The highest BCUT2D eigenvalue weighted by Crippen LogP contribution is 2.26. The molecule has 0 aliphatic heterocycles. The molecule has 14 heavy (non-hydrogen) atoms. The van der Waals surface area contributed by atoms with Gasteiger partial charge in [0.25, 0.3) is 0 Å². The Balaban J connectivity index is 2.44. The number of thiazole rings is 1. The van der Waals surface area contributed by atoms with Crippen LogP contribution in [0.1, 0.15) is 10.4 Å². The lowest BCUT2D eigenvalue weighted by molar-refractivity contribution is 1.24. The second kappa shape index (κ2) is 4.07. The first-order valence-corrected chi connectivity index (χ1v) is 5.59. The Bertz CT molecular complexity index is 439. The molecule has 0 aliphatic carbocycles. The normalized spacial score (nSPS) is 10.4. The Morgan fingerprint density at radius 1 is 1.43 bits per heavy atom. The molecule has 4 heteroatoms. The summed E-state index contributed by atoms with van der Waals surface area (Å²) in [6, 6.07) is 3.96. The summed E-state index contributed by atoms with van der Waals surface area (Å²) in [4.78, 5) is 9.67. The minimum atomic E-state index is 0.517. The summed E-state index contributed by atoms with van der Waals surface area (Å²) in [5.74, 6) is 0.517. The van der Waals surface area contributed by atoms with Gasteiger partial charge in [0.1, 0.15) is 10.7 Å². The molecule has 2 aromatic heterocycles. The molecule has 0 fully saturated rings. The van der Waals surface area contributed by atoms with Crippen molar-refractivity contribution in [2.45, 2.75) is 12.8 Å². The fourth-order valence-electron chi connectivity index (χ4n) is 1.19. The topological polar surface area (TPSA) is 25.8 Å². The number of pyridine rings is 1. The summed E-state index contributed by atoms with van der Waals surface area (Å²) < 4.78 is 0. The average Bonchev–Trinajstić information content (AvgIpc) is 2.67. The van der Waals surface area contributed by atoms with Gasteiger partial charge in [-0.05, 0) is 18.6 Å². The minimum Gasteiger partial charge on any atom is -0.253 e. The Hall–Kier alpha value is -0.930. The van der Waals surface area contributed by atoms with E-state index in [-0.39, 0.29) is 0 Å². The SMILES string of the molecule is Cc1cccnc1-c1ncc(CCl)s1. The largest absolute Gasteiger partial charge is 0.253 e. The Labute approximate surface area is 91.6 Å².